The van der Waals surface area contributed by atoms with Crippen molar-refractivity contribution in [2.75, 3.05) is 20.3 Å². The largest absolute Gasteiger partial charge is 0.383 e. The van der Waals surface area contributed by atoms with Gasteiger partial charge in [0.1, 0.15) is 0 Å². The monoisotopic (exact) mass is 223 g/mol. The van der Waals surface area contributed by atoms with Gasteiger partial charge in [0.25, 0.3) is 0 Å². The third-order valence-electron chi connectivity index (χ3n) is 2.28. The minimum Gasteiger partial charge on any atom is -0.383 e. The molecule has 1 rings (SSSR count). The van der Waals surface area contributed by atoms with Crippen molar-refractivity contribution >= 4 is 0 Å². The van der Waals surface area contributed by atoms with E-state index in [9.17, 15) is 0 Å². The molecular weight excluding hydrogens is 202 g/mol. The lowest BCUT2D eigenvalue weighted by molar-refractivity contribution is 0.199. The molecule has 0 spiro atoms. The molecule has 0 saturated carbocycles. The van der Waals surface area contributed by atoms with Crippen LogP contribution in [0.3, 0.4) is 0 Å². The van der Waals surface area contributed by atoms with Crippen LogP contribution in [0.5, 0.6) is 0 Å². The summed E-state index contributed by atoms with van der Waals surface area (Å²) in [6.07, 6.45) is 6.11. The lowest BCUT2D eigenvalue weighted by atomic mass is 10.3. The lowest BCUT2D eigenvalue weighted by Gasteiger charge is -2.01. The number of hydrogen-bond acceptors (Lipinski definition) is 3. The van der Waals surface area contributed by atoms with Crippen LogP contribution in [-0.4, -0.2) is 30.0 Å². The van der Waals surface area contributed by atoms with Crippen LogP contribution in [0.25, 0.3) is 0 Å². The van der Waals surface area contributed by atoms with E-state index >= 15 is 0 Å². The molecule has 4 nitrogen and oxygen atoms in total. The summed E-state index contributed by atoms with van der Waals surface area (Å²) in [4.78, 5) is 0. The van der Waals surface area contributed by atoms with Gasteiger partial charge in [-0.15, -0.1) is 6.58 Å². The number of allylic oxidation sites excluding steroid dienone is 1. The molecule has 1 heterocycles. The van der Waals surface area contributed by atoms with Crippen molar-refractivity contribution in [3.05, 3.63) is 30.6 Å². The van der Waals surface area contributed by atoms with Gasteiger partial charge >= 0.3 is 0 Å². The molecule has 90 valence electrons. The van der Waals surface area contributed by atoms with Crippen LogP contribution in [0, 0.1) is 0 Å². The fourth-order valence-electron chi connectivity index (χ4n) is 1.41. The molecule has 0 aliphatic rings. The number of hydrogen-bond donors (Lipinski definition) is 1. The molecule has 0 aliphatic heterocycles. The molecule has 0 aromatic carbocycles. The summed E-state index contributed by atoms with van der Waals surface area (Å²) >= 11 is 0. The van der Waals surface area contributed by atoms with Crippen LogP contribution in [0.15, 0.2) is 24.9 Å². The van der Waals surface area contributed by atoms with Gasteiger partial charge in [-0.3, -0.25) is 4.68 Å². The highest BCUT2D eigenvalue weighted by molar-refractivity contribution is 4.98. The third-order valence-corrected chi connectivity index (χ3v) is 2.28. The van der Waals surface area contributed by atoms with E-state index in [0.29, 0.717) is 0 Å². The molecule has 0 atom stereocenters. The number of aryl methyl sites for hydroxylation is 1. The minimum absolute atomic E-state index is 0.736. The van der Waals surface area contributed by atoms with Gasteiger partial charge in [0.05, 0.1) is 12.3 Å². The Kier molecular flexibility index (Phi) is 6.53. The molecule has 1 aromatic rings. The molecule has 1 N–H and O–H groups in total. The molecule has 0 saturated heterocycles. The Morgan fingerprint density at radius 3 is 3.25 bits per heavy atom. The normalized spacial score (nSPS) is 10.6. The van der Waals surface area contributed by atoms with E-state index in [1.54, 1.807) is 7.11 Å². The standard InChI is InChI=1S/C12H21N3O/c1-3-4-5-8-15-9-6-12(14-15)11-13-7-10-16-2/h3,6,9,13H,1,4-5,7-8,10-11H2,2H3. The Morgan fingerprint density at radius 2 is 2.50 bits per heavy atom. The van der Waals surface area contributed by atoms with Crippen molar-refractivity contribution in [1.29, 1.82) is 0 Å². The second-order valence-corrected chi connectivity index (χ2v) is 3.67. The van der Waals surface area contributed by atoms with Crippen LogP contribution in [0.4, 0.5) is 0 Å². The Bertz CT molecular complexity index is 296. The zero-order valence-electron chi connectivity index (χ0n) is 9.98. The zero-order chi connectivity index (χ0) is 11.6. The van der Waals surface area contributed by atoms with Crippen LogP contribution in [-0.2, 0) is 17.8 Å². The van der Waals surface area contributed by atoms with Gasteiger partial charge in [-0.2, -0.15) is 5.10 Å². The average molecular weight is 223 g/mol. The lowest BCUT2D eigenvalue weighted by Crippen LogP contribution is -2.19. The number of nitrogens with one attached hydrogen (secondary N) is 1. The topological polar surface area (TPSA) is 39.1 Å². The van der Waals surface area contributed by atoms with Crippen LogP contribution in [0.2, 0.25) is 0 Å². The number of ether oxygens (including phenoxy) is 1. The van der Waals surface area contributed by atoms with E-state index in [1.807, 2.05) is 23.0 Å². The first-order valence-electron chi connectivity index (χ1n) is 5.69. The summed E-state index contributed by atoms with van der Waals surface area (Å²) in [6.45, 7) is 7.07. The molecule has 0 unspecified atom stereocenters. The number of nitrogens with zero attached hydrogens (tertiary/aromatic N) is 2. The summed E-state index contributed by atoms with van der Waals surface area (Å²) in [7, 11) is 1.70. The molecule has 4 heteroatoms. The summed E-state index contributed by atoms with van der Waals surface area (Å²) in [6, 6.07) is 2.05. The SMILES string of the molecule is C=CCCCn1ccc(CNCCOC)n1. The van der Waals surface area contributed by atoms with Gasteiger partial charge in [0, 0.05) is 32.9 Å². The molecule has 0 bridgehead atoms. The fraction of sp³-hybridized carbons (Fsp3) is 0.583. The highest BCUT2D eigenvalue weighted by atomic mass is 16.5. The van der Waals surface area contributed by atoms with E-state index in [-0.39, 0.29) is 0 Å². The molecule has 0 fully saturated rings. The smallest absolute Gasteiger partial charge is 0.0762 e. The molecule has 1 aromatic heterocycles. The number of unbranched alkanes of at least 4 members (excludes halogenated alkanes) is 1. The van der Waals surface area contributed by atoms with Crippen molar-refractivity contribution in [1.82, 2.24) is 15.1 Å². The maximum absolute atomic E-state index is 4.95. The first-order chi connectivity index (χ1) is 7.86. The zero-order valence-corrected chi connectivity index (χ0v) is 9.98. The van der Waals surface area contributed by atoms with E-state index < -0.39 is 0 Å². The Hall–Kier alpha value is -1.13. The van der Waals surface area contributed by atoms with Gasteiger partial charge in [-0.05, 0) is 18.9 Å². The van der Waals surface area contributed by atoms with Gasteiger partial charge in [-0.25, -0.2) is 0 Å². The van der Waals surface area contributed by atoms with Crippen molar-refractivity contribution in [3.8, 4) is 0 Å². The van der Waals surface area contributed by atoms with Crippen molar-refractivity contribution < 1.29 is 4.74 Å². The third kappa shape index (κ3) is 5.09. The van der Waals surface area contributed by atoms with Crippen LogP contribution >= 0.6 is 0 Å². The summed E-state index contributed by atoms with van der Waals surface area (Å²) in [5.41, 5.74) is 1.08. The maximum Gasteiger partial charge on any atom is 0.0762 e. The van der Waals surface area contributed by atoms with Gasteiger partial charge in [0.2, 0.25) is 0 Å². The van der Waals surface area contributed by atoms with Crippen LogP contribution in [0.1, 0.15) is 18.5 Å². The Labute approximate surface area is 97.3 Å². The summed E-state index contributed by atoms with van der Waals surface area (Å²) in [5, 5.41) is 7.72. The fourth-order valence-corrected chi connectivity index (χ4v) is 1.41. The number of rotatable bonds is 9. The highest BCUT2D eigenvalue weighted by Gasteiger charge is 1.97. The number of aromatic nitrogens is 2. The predicted octanol–water partition coefficient (Wildman–Crippen LogP) is 1.59. The molecule has 16 heavy (non-hydrogen) atoms. The molecule has 0 radical (unpaired) electrons. The molecular formula is C12H21N3O. The predicted molar refractivity (Wildman–Crippen MR) is 65.2 cm³/mol. The quantitative estimate of drug-likeness (QED) is 0.510. The van der Waals surface area contributed by atoms with Crippen molar-refractivity contribution in [3.63, 3.8) is 0 Å². The van der Waals surface area contributed by atoms with Gasteiger partial charge < -0.3 is 10.1 Å². The second-order valence-electron chi connectivity index (χ2n) is 3.67. The Morgan fingerprint density at radius 1 is 1.62 bits per heavy atom. The average Bonchev–Trinajstić information content (AvgIpc) is 2.73. The second kappa shape index (κ2) is 8.07. The first-order valence-corrected chi connectivity index (χ1v) is 5.69. The van der Waals surface area contributed by atoms with E-state index in [4.69, 9.17) is 4.74 Å². The first kappa shape index (κ1) is 12.9. The van der Waals surface area contributed by atoms with Crippen molar-refractivity contribution in [2.45, 2.75) is 25.9 Å². The summed E-state index contributed by atoms with van der Waals surface area (Å²) < 4.78 is 6.94. The number of methoxy groups -OCH3 is 1. The molecule has 0 aliphatic carbocycles. The van der Waals surface area contributed by atoms with Gasteiger partial charge in [-0.1, -0.05) is 6.08 Å². The van der Waals surface area contributed by atoms with Crippen molar-refractivity contribution in [2.24, 2.45) is 0 Å². The highest BCUT2D eigenvalue weighted by Crippen LogP contribution is 1.98. The van der Waals surface area contributed by atoms with E-state index in [1.165, 1.54) is 0 Å². The van der Waals surface area contributed by atoms with E-state index in [2.05, 4.69) is 17.0 Å². The van der Waals surface area contributed by atoms with Crippen LogP contribution < -0.4 is 5.32 Å². The maximum atomic E-state index is 4.95. The van der Waals surface area contributed by atoms with Gasteiger partial charge in [0.15, 0.2) is 0 Å². The molecule has 0 amide bonds. The Balaban J connectivity index is 2.20. The van der Waals surface area contributed by atoms with E-state index in [0.717, 1.165) is 44.8 Å². The minimum atomic E-state index is 0.736. The summed E-state index contributed by atoms with van der Waals surface area (Å²) in [5.74, 6) is 0.